The summed E-state index contributed by atoms with van der Waals surface area (Å²) >= 11 is 0. The zero-order valence-electron chi connectivity index (χ0n) is 9.42. The first-order valence-electron chi connectivity index (χ1n) is 5.75. The van der Waals surface area contributed by atoms with Crippen molar-refractivity contribution in [2.45, 2.75) is 45.6 Å². The molecule has 2 N–H and O–H groups in total. The van der Waals surface area contributed by atoms with E-state index in [0.29, 0.717) is 12.6 Å². The molecular formula is C12H23NO. The average Bonchev–Trinajstić information content (AvgIpc) is 2.74. The van der Waals surface area contributed by atoms with E-state index >= 15 is 0 Å². The molecule has 0 radical (unpaired) electrons. The second kappa shape index (κ2) is 5.52. The van der Waals surface area contributed by atoms with Crippen LogP contribution >= 0.6 is 0 Å². The van der Waals surface area contributed by atoms with E-state index in [1.807, 2.05) is 0 Å². The number of hydrogen-bond acceptors (Lipinski definition) is 2. The maximum Gasteiger partial charge on any atom is 0.0499 e. The van der Waals surface area contributed by atoms with E-state index in [4.69, 9.17) is 0 Å². The Labute approximate surface area is 87.4 Å². The highest BCUT2D eigenvalue weighted by Gasteiger charge is 2.26. The van der Waals surface area contributed by atoms with Crippen LogP contribution in [0.5, 0.6) is 0 Å². The minimum atomic E-state index is 0.0998. The SMILES string of the molecule is CCC(CC)(CO)CNC1CC=CC1. The molecule has 1 aliphatic rings. The molecule has 0 atom stereocenters. The van der Waals surface area contributed by atoms with Gasteiger partial charge in [0.1, 0.15) is 0 Å². The third kappa shape index (κ3) is 2.82. The number of nitrogens with one attached hydrogen (secondary N) is 1. The van der Waals surface area contributed by atoms with Crippen molar-refractivity contribution < 1.29 is 5.11 Å². The average molecular weight is 197 g/mol. The lowest BCUT2D eigenvalue weighted by Crippen LogP contribution is -2.40. The molecule has 0 aliphatic heterocycles. The van der Waals surface area contributed by atoms with Gasteiger partial charge in [-0.1, -0.05) is 26.0 Å². The minimum Gasteiger partial charge on any atom is -0.396 e. The highest BCUT2D eigenvalue weighted by molar-refractivity contribution is 4.98. The van der Waals surface area contributed by atoms with Gasteiger partial charge in [-0.15, -0.1) is 0 Å². The third-order valence-corrected chi connectivity index (χ3v) is 3.61. The normalized spacial score (nSPS) is 17.9. The Balaban J connectivity index is 2.32. The lowest BCUT2D eigenvalue weighted by Gasteiger charge is -2.31. The van der Waals surface area contributed by atoms with E-state index in [1.165, 1.54) is 0 Å². The molecule has 0 saturated heterocycles. The molecule has 0 spiro atoms. The highest BCUT2D eigenvalue weighted by atomic mass is 16.3. The van der Waals surface area contributed by atoms with Gasteiger partial charge in [-0.25, -0.2) is 0 Å². The first kappa shape index (κ1) is 11.7. The molecular weight excluding hydrogens is 174 g/mol. The van der Waals surface area contributed by atoms with Gasteiger partial charge in [0.15, 0.2) is 0 Å². The molecule has 2 nitrogen and oxygen atoms in total. The maximum absolute atomic E-state index is 9.39. The van der Waals surface area contributed by atoms with Gasteiger partial charge in [-0.3, -0.25) is 0 Å². The topological polar surface area (TPSA) is 32.3 Å². The van der Waals surface area contributed by atoms with Gasteiger partial charge in [0, 0.05) is 24.6 Å². The molecule has 14 heavy (non-hydrogen) atoms. The van der Waals surface area contributed by atoms with Gasteiger partial charge in [0.05, 0.1) is 0 Å². The fourth-order valence-corrected chi connectivity index (χ4v) is 1.92. The molecule has 1 rings (SSSR count). The van der Waals surface area contributed by atoms with E-state index in [0.717, 1.165) is 32.2 Å². The summed E-state index contributed by atoms with van der Waals surface area (Å²) in [7, 11) is 0. The standard InChI is InChI=1S/C12H23NO/c1-3-12(4-2,10-14)9-13-11-7-5-6-8-11/h5-6,11,13-14H,3-4,7-10H2,1-2H3. The third-order valence-electron chi connectivity index (χ3n) is 3.61. The van der Waals surface area contributed by atoms with Crippen molar-refractivity contribution >= 4 is 0 Å². The number of aliphatic hydroxyl groups is 1. The predicted octanol–water partition coefficient (Wildman–Crippen LogP) is 2.09. The molecule has 0 amide bonds. The summed E-state index contributed by atoms with van der Waals surface area (Å²) in [5.74, 6) is 0. The van der Waals surface area contributed by atoms with E-state index < -0.39 is 0 Å². The molecule has 82 valence electrons. The zero-order valence-corrected chi connectivity index (χ0v) is 9.42. The molecule has 0 unspecified atom stereocenters. The van der Waals surface area contributed by atoms with Crippen molar-refractivity contribution in [2.75, 3.05) is 13.2 Å². The summed E-state index contributed by atoms with van der Waals surface area (Å²) in [4.78, 5) is 0. The summed E-state index contributed by atoms with van der Waals surface area (Å²) in [6.45, 7) is 5.57. The van der Waals surface area contributed by atoms with Crippen LogP contribution in [-0.2, 0) is 0 Å². The Bertz CT molecular complexity index is 168. The van der Waals surface area contributed by atoms with Crippen molar-refractivity contribution in [3.8, 4) is 0 Å². The second-order valence-corrected chi connectivity index (χ2v) is 4.39. The first-order chi connectivity index (χ1) is 6.76. The van der Waals surface area contributed by atoms with Gasteiger partial charge < -0.3 is 10.4 Å². The molecule has 0 aromatic carbocycles. The predicted molar refractivity (Wildman–Crippen MR) is 60.3 cm³/mol. The maximum atomic E-state index is 9.39. The zero-order chi connectivity index (χ0) is 10.4. The summed E-state index contributed by atoms with van der Waals surface area (Å²) in [5.41, 5.74) is 0.0998. The summed E-state index contributed by atoms with van der Waals surface area (Å²) in [5, 5.41) is 12.9. The largest absolute Gasteiger partial charge is 0.396 e. The fraction of sp³-hybridized carbons (Fsp3) is 0.833. The van der Waals surface area contributed by atoms with Crippen molar-refractivity contribution in [1.82, 2.24) is 5.32 Å². The van der Waals surface area contributed by atoms with Gasteiger partial charge in [-0.05, 0) is 25.7 Å². The molecule has 2 heteroatoms. The fourth-order valence-electron chi connectivity index (χ4n) is 1.92. The van der Waals surface area contributed by atoms with Crippen LogP contribution in [0.15, 0.2) is 12.2 Å². The van der Waals surface area contributed by atoms with Crippen molar-refractivity contribution in [1.29, 1.82) is 0 Å². The minimum absolute atomic E-state index is 0.0998. The van der Waals surface area contributed by atoms with E-state index in [1.54, 1.807) is 0 Å². The van der Waals surface area contributed by atoms with Gasteiger partial charge in [-0.2, -0.15) is 0 Å². The molecule has 0 aromatic heterocycles. The van der Waals surface area contributed by atoms with E-state index in [2.05, 4.69) is 31.3 Å². The van der Waals surface area contributed by atoms with Crippen LogP contribution in [0.2, 0.25) is 0 Å². The molecule has 0 fully saturated rings. The van der Waals surface area contributed by atoms with Gasteiger partial charge in [0.25, 0.3) is 0 Å². The van der Waals surface area contributed by atoms with Crippen LogP contribution in [0.1, 0.15) is 39.5 Å². The molecule has 0 saturated carbocycles. The smallest absolute Gasteiger partial charge is 0.0499 e. The lowest BCUT2D eigenvalue weighted by atomic mass is 9.83. The lowest BCUT2D eigenvalue weighted by molar-refractivity contribution is 0.110. The Morgan fingerprint density at radius 3 is 2.29 bits per heavy atom. The molecule has 1 aliphatic carbocycles. The number of hydrogen-bond donors (Lipinski definition) is 2. The van der Waals surface area contributed by atoms with Crippen LogP contribution in [-0.4, -0.2) is 24.3 Å². The number of aliphatic hydroxyl groups excluding tert-OH is 1. The quantitative estimate of drug-likeness (QED) is 0.639. The molecule has 0 aromatic rings. The van der Waals surface area contributed by atoms with Gasteiger partial charge >= 0.3 is 0 Å². The van der Waals surface area contributed by atoms with E-state index in [9.17, 15) is 5.11 Å². The van der Waals surface area contributed by atoms with Crippen molar-refractivity contribution in [2.24, 2.45) is 5.41 Å². The second-order valence-electron chi connectivity index (χ2n) is 4.39. The van der Waals surface area contributed by atoms with Crippen LogP contribution in [0.3, 0.4) is 0 Å². The Kier molecular flexibility index (Phi) is 4.63. The first-order valence-corrected chi connectivity index (χ1v) is 5.75. The Morgan fingerprint density at radius 2 is 1.86 bits per heavy atom. The molecule has 0 bridgehead atoms. The van der Waals surface area contributed by atoms with Crippen molar-refractivity contribution in [3.63, 3.8) is 0 Å². The number of rotatable bonds is 6. The van der Waals surface area contributed by atoms with Crippen LogP contribution in [0.25, 0.3) is 0 Å². The van der Waals surface area contributed by atoms with Crippen LogP contribution in [0.4, 0.5) is 0 Å². The Morgan fingerprint density at radius 1 is 1.29 bits per heavy atom. The van der Waals surface area contributed by atoms with Gasteiger partial charge in [0.2, 0.25) is 0 Å². The van der Waals surface area contributed by atoms with Crippen LogP contribution in [0, 0.1) is 5.41 Å². The van der Waals surface area contributed by atoms with E-state index in [-0.39, 0.29) is 5.41 Å². The summed E-state index contributed by atoms with van der Waals surface area (Å²) < 4.78 is 0. The molecule has 0 heterocycles. The summed E-state index contributed by atoms with van der Waals surface area (Å²) in [6, 6.07) is 0.610. The summed E-state index contributed by atoms with van der Waals surface area (Å²) in [6.07, 6.45) is 8.86. The van der Waals surface area contributed by atoms with Crippen LogP contribution < -0.4 is 5.32 Å². The Hall–Kier alpha value is -0.340. The monoisotopic (exact) mass is 197 g/mol. The van der Waals surface area contributed by atoms with Crippen molar-refractivity contribution in [3.05, 3.63) is 12.2 Å². The highest BCUT2D eigenvalue weighted by Crippen LogP contribution is 2.25.